The van der Waals surface area contributed by atoms with Crippen molar-refractivity contribution in [3.63, 3.8) is 0 Å². The lowest BCUT2D eigenvalue weighted by Gasteiger charge is -2.08. The van der Waals surface area contributed by atoms with Gasteiger partial charge in [-0.3, -0.25) is 14.2 Å². The Morgan fingerprint density at radius 1 is 1.17 bits per heavy atom. The average molecular weight is 324 g/mol. The second-order valence-corrected chi connectivity index (χ2v) is 5.56. The Labute approximate surface area is 137 Å². The van der Waals surface area contributed by atoms with Gasteiger partial charge in [0.15, 0.2) is 11.4 Å². The monoisotopic (exact) mass is 324 g/mol. The Hall–Kier alpha value is -3.15. The summed E-state index contributed by atoms with van der Waals surface area (Å²) in [5.41, 5.74) is 2.85. The van der Waals surface area contributed by atoms with E-state index in [1.54, 1.807) is 18.2 Å². The van der Waals surface area contributed by atoms with Crippen LogP contribution in [-0.2, 0) is 11.3 Å². The summed E-state index contributed by atoms with van der Waals surface area (Å²) in [6, 6.07) is 12.1. The van der Waals surface area contributed by atoms with Crippen molar-refractivity contribution in [2.75, 3.05) is 5.32 Å². The Morgan fingerprint density at radius 3 is 2.62 bits per heavy atom. The van der Waals surface area contributed by atoms with Crippen LogP contribution in [0.2, 0.25) is 0 Å². The normalized spacial score (nSPS) is 10.8. The van der Waals surface area contributed by atoms with Gasteiger partial charge in [0.2, 0.25) is 5.91 Å². The highest BCUT2D eigenvalue weighted by Crippen LogP contribution is 2.17. The predicted molar refractivity (Wildman–Crippen MR) is 90.3 cm³/mol. The fraction of sp³-hybridized carbons (Fsp3) is 0.167. The lowest BCUT2D eigenvalue weighted by Crippen LogP contribution is -2.25. The molecule has 1 heterocycles. The van der Waals surface area contributed by atoms with Crippen molar-refractivity contribution in [3.8, 4) is 0 Å². The van der Waals surface area contributed by atoms with Crippen LogP contribution in [0.3, 0.4) is 0 Å². The van der Waals surface area contributed by atoms with Crippen LogP contribution in [0.15, 0.2) is 51.7 Å². The van der Waals surface area contributed by atoms with Crippen molar-refractivity contribution in [1.29, 1.82) is 0 Å². The van der Waals surface area contributed by atoms with Crippen LogP contribution in [0, 0.1) is 6.92 Å². The zero-order valence-electron chi connectivity index (χ0n) is 13.3. The minimum atomic E-state index is -0.634. The third-order valence-corrected chi connectivity index (χ3v) is 3.80. The molecule has 6 heteroatoms. The molecule has 1 aromatic heterocycles. The predicted octanol–water partition coefficient (Wildman–Crippen LogP) is 2.74. The van der Waals surface area contributed by atoms with E-state index < -0.39 is 5.76 Å². The van der Waals surface area contributed by atoms with Gasteiger partial charge in [-0.2, -0.15) is 0 Å². The number of aromatic nitrogens is 1. The molecule has 2 aromatic carbocycles. The Balaban J connectivity index is 1.88. The molecule has 0 saturated heterocycles. The molecular weight excluding hydrogens is 308 g/mol. The summed E-state index contributed by atoms with van der Waals surface area (Å²) in [4.78, 5) is 35.6. The summed E-state index contributed by atoms with van der Waals surface area (Å²) in [6.45, 7) is 3.16. The molecule has 122 valence electrons. The molecule has 0 atom stereocenters. The van der Waals surface area contributed by atoms with Gasteiger partial charge < -0.3 is 9.73 Å². The number of hydrogen-bond donors (Lipinski definition) is 1. The summed E-state index contributed by atoms with van der Waals surface area (Å²) in [5, 5.41) is 2.78. The molecule has 1 N–H and O–H groups in total. The number of nitrogens with zero attached hydrogens (tertiary/aromatic N) is 1. The van der Waals surface area contributed by atoms with Crippen LogP contribution in [0.4, 0.5) is 5.69 Å². The van der Waals surface area contributed by atoms with Gasteiger partial charge in [-0.15, -0.1) is 0 Å². The minimum absolute atomic E-state index is 0.121. The van der Waals surface area contributed by atoms with Gasteiger partial charge in [0, 0.05) is 11.3 Å². The van der Waals surface area contributed by atoms with Crippen LogP contribution in [0.25, 0.3) is 11.1 Å². The standard InChI is InChI=1S/C18H16N2O4/c1-11-5-3-4-6-14(11)19-17(22)10-20-15-8-7-13(12(2)21)9-16(15)24-18(20)23/h3-9H,10H2,1-2H3,(H,19,22). The summed E-state index contributed by atoms with van der Waals surface area (Å²) in [6.07, 6.45) is 0. The number of para-hydroxylation sites is 1. The highest BCUT2D eigenvalue weighted by atomic mass is 16.4. The lowest BCUT2D eigenvalue weighted by molar-refractivity contribution is -0.116. The molecule has 0 radical (unpaired) electrons. The summed E-state index contributed by atoms with van der Waals surface area (Å²) >= 11 is 0. The first kappa shape index (κ1) is 15.7. The number of Topliss-reactive ketones (excluding diaryl/α,β-unsaturated/α-hetero) is 1. The van der Waals surface area contributed by atoms with E-state index in [2.05, 4.69) is 5.32 Å². The number of carbonyl (C=O) groups is 2. The van der Waals surface area contributed by atoms with Gasteiger partial charge in [0.05, 0.1) is 5.52 Å². The van der Waals surface area contributed by atoms with Crippen molar-refractivity contribution in [3.05, 3.63) is 64.1 Å². The van der Waals surface area contributed by atoms with Crippen molar-refractivity contribution >= 4 is 28.5 Å². The number of hydrogen-bond acceptors (Lipinski definition) is 4. The summed E-state index contributed by atoms with van der Waals surface area (Å²) < 4.78 is 6.38. The molecule has 0 aliphatic carbocycles. The van der Waals surface area contributed by atoms with E-state index in [1.165, 1.54) is 17.6 Å². The first-order valence-electron chi connectivity index (χ1n) is 7.45. The van der Waals surface area contributed by atoms with Crippen LogP contribution >= 0.6 is 0 Å². The van der Waals surface area contributed by atoms with Crippen LogP contribution in [-0.4, -0.2) is 16.3 Å². The van der Waals surface area contributed by atoms with Crippen molar-refractivity contribution in [2.45, 2.75) is 20.4 Å². The SMILES string of the molecule is CC(=O)c1ccc2c(c1)oc(=O)n2CC(=O)Nc1ccccc1C. The maximum Gasteiger partial charge on any atom is 0.420 e. The number of amides is 1. The van der Waals surface area contributed by atoms with E-state index >= 15 is 0 Å². The van der Waals surface area contributed by atoms with E-state index in [0.717, 1.165) is 5.56 Å². The quantitative estimate of drug-likeness (QED) is 0.748. The fourth-order valence-corrected chi connectivity index (χ4v) is 2.48. The first-order valence-corrected chi connectivity index (χ1v) is 7.45. The lowest BCUT2D eigenvalue weighted by atomic mass is 10.1. The zero-order chi connectivity index (χ0) is 17.3. The van der Waals surface area contributed by atoms with Crippen LogP contribution in [0.1, 0.15) is 22.8 Å². The Kier molecular flexibility index (Phi) is 4.04. The highest BCUT2D eigenvalue weighted by Gasteiger charge is 2.14. The number of rotatable bonds is 4. The van der Waals surface area contributed by atoms with Crippen LogP contribution < -0.4 is 11.1 Å². The van der Waals surface area contributed by atoms with Gasteiger partial charge in [0.1, 0.15) is 6.54 Å². The topological polar surface area (TPSA) is 81.3 Å². The van der Waals surface area contributed by atoms with E-state index in [1.807, 2.05) is 25.1 Å². The zero-order valence-corrected chi connectivity index (χ0v) is 13.3. The molecule has 0 aliphatic rings. The Morgan fingerprint density at radius 2 is 1.92 bits per heavy atom. The van der Waals surface area contributed by atoms with Gasteiger partial charge in [-0.25, -0.2) is 4.79 Å². The van der Waals surface area contributed by atoms with Crippen molar-refractivity contribution in [1.82, 2.24) is 4.57 Å². The van der Waals surface area contributed by atoms with E-state index in [0.29, 0.717) is 16.8 Å². The third kappa shape index (κ3) is 2.99. The molecule has 6 nitrogen and oxygen atoms in total. The maximum atomic E-state index is 12.2. The minimum Gasteiger partial charge on any atom is -0.408 e. The second kappa shape index (κ2) is 6.16. The smallest absolute Gasteiger partial charge is 0.408 e. The molecule has 1 amide bonds. The van der Waals surface area contributed by atoms with E-state index in [4.69, 9.17) is 4.42 Å². The number of carbonyl (C=O) groups excluding carboxylic acids is 2. The molecule has 0 unspecified atom stereocenters. The molecule has 0 bridgehead atoms. The fourth-order valence-electron chi connectivity index (χ4n) is 2.48. The second-order valence-electron chi connectivity index (χ2n) is 5.56. The summed E-state index contributed by atoms with van der Waals surface area (Å²) in [7, 11) is 0. The van der Waals surface area contributed by atoms with Gasteiger partial charge in [0.25, 0.3) is 0 Å². The molecule has 0 aliphatic heterocycles. The van der Waals surface area contributed by atoms with Crippen LogP contribution in [0.5, 0.6) is 0 Å². The van der Waals surface area contributed by atoms with E-state index in [9.17, 15) is 14.4 Å². The largest absolute Gasteiger partial charge is 0.420 e. The van der Waals surface area contributed by atoms with Crippen molar-refractivity contribution < 1.29 is 14.0 Å². The Bertz CT molecular complexity index is 998. The number of ketones is 1. The molecular formula is C18H16N2O4. The average Bonchev–Trinajstić information content (AvgIpc) is 2.84. The van der Waals surface area contributed by atoms with Gasteiger partial charge >= 0.3 is 5.76 Å². The first-order chi connectivity index (χ1) is 11.5. The molecule has 0 saturated carbocycles. The summed E-state index contributed by atoms with van der Waals surface area (Å²) in [5.74, 6) is -1.08. The van der Waals surface area contributed by atoms with Gasteiger partial charge in [-0.05, 0) is 43.7 Å². The van der Waals surface area contributed by atoms with Crippen molar-refractivity contribution in [2.24, 2.45) is 0 Å². The number of anilines is 1. The molecule has 0 spiro atoms. The number of aryl methyl sites for hydroxylation is 1. The molecule has 3 aromatic rings. The maximum absolute atomic E-state index is 12.2. The number of benzene rings is 2. The highest BCUT2D eigenvalue weighted by molar-refractivity contribution is 5.97. The van der Waals surface area contributed by atoms with E-state index in [-0.39, 0.29) is 23.8 Å². The number of fused-ring (bicyclic) bond motifs is 1. The molecule has 24 heavy (non-hydrogen) atoms. The van der Waals surface area contributed by atoms with Gasteiger partial charge in [-0.1, -0.05) is 18.2 Å². The molecule has 0 fully saturated rings. The molecule has 3 rings (SSSR count). The number of nitrogens with one attached hydrogen (secondary N) is 1. The number of oxazole rings is 1. The third-order valence-electron chi connectivity index (χ3n) is 3.80.